The number of benzene rings is 2. The first-order valence-corrected chi connectivity index (χ1v) is 11.0. The highest BCUT2D eigenvalue weighted by atomic mass is 79.9. The topological polar surface area (TPSA) is 59.4 Å². The summed E-state index contributed by atoms with van der Waals surface area (Å²) < 4.78 is 6.58. The Bertz CT molecular complexity index is 1110. The molecule has 0 fully saturated rings. The molecule has 0 amide bonds. The van der Waals surface area contributed by atoms with Crippen molar-refractivity contribution in [2.45, 2.75) is 36.2 Å². The first-order valence-electron chi connectivity index (χ1n) is 9.36. The van der Waals surface area contributed by atoms with E-state index in [4.69, 9.17) is 4.74 Å². The van der Waals surface area contributed by atoms with Gasteiger partial charge in [-0.1, -0.05) is 46.6 Å². The summed E-state index contributed by atoms with van der Waals surface area (Å²) in [5, 5.41) is 9.19. The van der Waals surface area contributed by atoms with E-state index in [-0.39, 0.29) is 0 Å². The molecule has 1 atom stereocenters. The van der Waals surface area contributed by atoms with E-state index >= 15 is 0 Å². The molecule has 152 valence electrons. The maximum atomic E-state index is 11.2. The standard InChI is InChI=1S/C24H20BrNO3S/c1-3-22(24(27)28)29-23-10-9-20(12-16(23)2)30-21-14-17(13-18(25)15-21)7-8-19-6-4-5-11-26-19/h4-6,9-15,22H,3H2,1-2H3,(H,27,28). The average Bonchev–Trinajstić information content (AvgIpc) is 2.72. The minimum atomic E-state index is -0.955. The van der Waals surface area contributed by atoms with Gasteiger partial charge in [-0.15, -0.1) is 0 Å². The van der Waals surface area contributed by atoms with Gasteiger partial charge in [-0.05, 0) is 73.4 Å². The molecule has 0 aliphatic carbocycles. The van der Waals surface area contributed by atoms with Crippen LogP contribution in [0.5, 0.6) is 5.75 Å². The monoisotopic (exact) mass is 481 g/mol. The van der Waals surface area contributed by atoms with Crippen LogP contribution in [0.4, 0.5) is 0 Å². The number of pyridine rings is 1. The second-order valence-corrected chi connectivity index (χ2v) is 8.59. The highest BCUT2D eigenvalue weighted by Gasteiger charge is 2.17. The number of hydrogen-bond acceptors (Lipinski definition) is 4. The number of rotatable bonds is 6. The Morgan fingerprint density at radius 1 is 1.17 bits per heavy atom. The van der Waals surface area contributed by atoms with Gasteiger partial charge in [-0.25, -0.2) is 9.78 Å². The van der Waals surface area contributed by atoms with E-state index in [1.165, 1.54) is 0 Å². The number of ether oxygens (including phenoxy) is 1. The SMILES string of the molecule is CCC(Oc1ccc(Sc2cc(Br)cc(C#Cc3ccccn3)c2)cc1C)C(=O)O. The molecule has 4 nitrogen and oxygen atoms in total. The van der Waals surface area contributed by atoms with Crippen molar-refractivity contribution in [1.29, 1.82) is 0 Å². The molecule has 0 saturated heterocycles. The van der Waals surface area contributed by atoms with Crippen LogP contribution in [-0.4, -0.2) is 22.2 Å². The van der Waals surface area contributed by atoms with Gasteiger partial charge in [0.05, 0.1) is 0 Å². The molecule has 0 radical (unpaired) electrons. The van der Waals surface area contributed by atoms with Crippen LogP contribution in [0, 0.1) is 18.8 Å². The third kappa shape index (κ3) is 6.12. The van der Waals surface area contributed by atoms with E-state index in [1.807, 2.05) is 61.5 Å². The lowest BCUT2D eigenvalue weighted by Crippen LogP contribution is -2.26. The Hall–Kier alpha value is -2.75. The number of nitrogens with zero attached hydrogens (tertiary/aromatic N) is 1. The van der Waals surface area contributed by atoms with Gasteiger partial charge in [0.15, 0.2) is 6.10 Å². The van der Waals surface area contributed by atoms with Gasteiger partial charge in [0.2, 0.25) is 0 Å². The Balaban J connectivity index is 1.78. The lowest BCUT2D eigenvalue weighted by atomic mass is 10.2. The van der Waals surface area contributed by atoms with Crippen LogP contribution in [0.2, 0.25) is 0 Å². The number of carbonyl (C=O) groups is 1. The van der Waals surface area contributed by atoms with Crippen molar-refractivity contribution in [1.82, 2.24) is 4.98 Å². The fourth-order valence-electron chi connectivity index (χ4n) is 2.68. The van der Waals surface area contributed by atoms with Crippen molar-refractivity contribution >= 4 is 33.7 Å². The molecule has 6 heteroatoms. The molecular weight excluding hydrogens is 462 g/mol. The third-order valence-electron chi connectivity index (χ3n) is 4.17. The fraction of sp³-hybridized carbons (Fsp3) is 0.167. The smallest absolute Gasteiger partial charge is 0.344 e. The normalized spacial score (nSPS) is 11.3. The van der Waals surface area contributed by atoms with Crippen molar-refractivity contribution in [3.05, 3.63) is 82.1 Å². The van der Waals surface area contributed by atoms with E-state index in [0.717, 1.165) is 31.1 Å². The summed E-state index contributed by atoms with van der Waals surface area (Å²) >= 11 is 5.16. The molecule has 0 saturated carbocycles. The average molecular weight is 482 g/mol. The molecule has 1 aromatic heterocycles. The largest absolute Gasteiger partial charge is 0.479 e. The van der Waals surface area contributed by atoms with Gasteiger partial charge in [-0.2, -0.15) is 0 Å². The summed E-state index contributed by atoms with van der Waals surface area (Å²) in [6.07, 6.45) is 1.29. The van der Waals surface area contributed by atoms with Crippen molar-refractivity contribution < 1.29 is 14.6 Å². The first kappa shape index (κ1) is 21.9. The summed E-state index contributed by atoms with van der Waals surface area (Å²) in [4.78, 5) is 17.5. The third-order valence-corrected chi connectivity index (χ3v) is 5.59. The summed E-state index contributed by atoms with van der Waals surface area (Å²) in [5.41, 5.74) is 2.51. The van der Waals surface area contributed by atoms with E-state index in [1.54, 1.807) is 24.9 Å². The zero-order valence-electron chi connectivity index (χ0n) is 16.6. The van der Waals surface area contributed by atoms with Crippen LogP contribution < -0.4 is 4.74 Å². The second-order valence-electron chi connectivity index (χ2n) is 6.52. The Kier molecular flexibility index (Phi) is 7.56. The summed E-state index contributed by atoms with van der Waals surface area (Å²) in [6.45, 7) is 3.71. The molecular formula is C24H20BrNO3S. The predicted molar refractivity (Wildman–Crippen MR) is 122 cm³/mol. The van der Waals surface area contributed by atoms with E-state index < -0.39 is 12.1 Å². The van der Waals surface area contributed by atoms with Crippen LogP contribution in [-0.2, 0) is 4.79 Å². The number of aromatic nitrogens is 1. The highest BCUT2D eigenvalue weighted by Crippen LogP contribution is 2.33. The number of halogens is 1. The molecule has 0 aliphatic rings. The van der Waals surface area contributed by atoms with E-state index in [9.17, 15) is 9.90 Å². The zero-order valence-corrected chi connectivity index (χ0v) is 19.0. The number of carboxylic acid groups (broad SMARTS) is 1. The minimum Gasteiger partial charge on any atom is -0.479 e. The Labute approximate surface area is 188 Å². The second kappa shape index (κ2) is 10.3. The van der Waals surface area contributed by atoms with Crippen molar-refractivity contribution in [2.75, 3.05) is 0 Å². The molecule has 1 N–H and O–H groups in total. The number of carboxylic acids is 1. The predicted octanol–water partition coefficient (Wildman–Crippen LogP) is 5.95. The van der Waals surface area contributed by atoms with E-state index in [2.05, 4.69) is 32.8 Å². The van der Waals surface area contributed by atoms with Crippen LogP contribution in [0.3, 0.4) is 0 Å². The Morgan fingerprint density at radius 3 is 2.67 bits per heavy atom. The molecule has 2 aromatic carbocycles. The van der Waals surface area contributed by atoms with Gasteiger partial charge in [0.1, 0.15) is 11.4 Å². The molecule has 1 unspecified atom stereocenters. The van der Waals surface area contributed by atoms with Crippen LogP contribution in [0.25, 0.3) is 0 Å². The number of aryl methyl sites for hydroxylation is 1. The number of hydrogen-bond donors (Lipinski definition) is 1. The maximum absolute atomic E-state index is 11.2. The fourth-order valence-corrected chi connectivity index (χ4v) is 4.34. The molecule has 30 heavy (non-hydrogen) atoms. The quantitative estimate of drug-likeness (QED) is 0.441. The van der Waals surface area contributed by atoms with Gasteiger partial charge < -0.3 is 9.84 Å². The van der Waals surface area contributed by atoms with Gasteiger partial charge >= 0.3 is 5.97 Å². The summed E-state index contributed by atoms with van der Waals surface area (Å²) in [6, 6.07) is 17.4. The molecule has 3 aromatic rings. The van der Waals surface area contributed by atoms with Gasteiger partial charge in [0.25, 0.3) is 0 Å². The summed E-state index contributed by atoms with van der Waals surface area (Å²) in [7, 11) is 0. The highest BCUT2D eigenvalue weighted by molar-refractivity contribution is 9.10. The maximum Gasteiger partial charge on any atom is 0.344 e. The van der Waals surface area contributed by atoms with Gasteiger partial charge in [0, 0.05) is 26.0 Å². The number of aliphatic carboxylic acids is 1. The Morgan fingerprint density at radius 2 is 2.00 bits per heavy atom. The van der Waals surface area contributed by atoms with Crippen molar-refractivity contribution in [2.24, 2.45) is 0 Å². The van der Waals surface area contributed by atoms with E-state index in [0.29, 0.717) is 12.2 Å². The summed E-state index contributed by atoms with van der Waals surface area (Å²) in [5.74, 6) is 5.86. The molecule has 1 heterocycles. The van der Waals surface area contributed by atoms with Crippen LogP contribution in [0.1, 0.15) is 30.2 Å². The first-order chi connectivity index (χ1) is 14.4. The minimum absolute atomic E-state index is 0.408. The molecule has 0 aliphatic heterocycles. The molecule has 0 bridgehead atoms. The van der Waals surface area contributed by atoms with Crippen LogP contribution in [0.15, 0.2) is 75.1 Å². The van der Waals surface area contributed by atoms with Crippen molar-refractivity contribution in [3.8, 4) is 17.6 Å². The molecule has 3 rings (SSSR count). The van der Waals surface area contributed by atoms with Crippen molar-refractivity contribution in [3.63, 3.8) is 0 Å². The van der Waals surface area contributed by atoms with Gasteiger partial charge in [-0.3, -0.25) is 0 Å². The lowest BCUT2D eigenvalue weighted by Gasteiger charge is -2.15. The lowest BCUT2D eigenvalue weighted by molar-refractivity contribution is -0.145. The van der Waals surface area contributed by atoms with Crippen LogP contribution >= 0.6 is 27.7 Å². The molecule has 0 spiro atoms. The zero-order chi connectivity index (χ0) is 21.5.